The molecule has 10 rings (SSSR count). The first kappa shape index (κ1) is 37.3. The summed E-state index contributed by atoms with van der Waals surface area (Å²) in [5, 5.41) is 0. The second kappa shape index (κ2) is 17.1. The maximum Gasteiger partial charge on any atom is 0.0540 e. The molecule has 10 aromatic rings. The van der Waals surface area contributed by atoms with E-state index in [1.165, 1.54) is 66.8 Å². The van der Waals surface area contributed by atoms with E-state index in [1.54, 1.807) is 0 Å². The van der Waals surface area contributed by atoms with Crippen LogP contribution < -0.4 is 4.90 Å². The van der Waals surface area contributed by atoms with E-state index in [1.807, 2.05) is 0 Å². The van der Waals surface area contributed by atoms with Gasteiger partial charge in [0, 0.05) is 16.9 Å². The van der Waals surface area contributed by atoms with Crippen molar-refractivity contribution in [2.45, 2.75) is 0 Å². The minimum atomic E-state index is 1.08. The summed E-state index contributed by atoms with van der Waals surface area (Å²) in [7, 11) is 0. The minimum absolute atomic E-state index is 1.08. The van der Waals surface area contributed by atoms with E-state index < -0.39 is 0 Å². The Hall–Kier alpha value is -8.00. The second-order valence-corrected chi connectivity index (χ2v) is 15.3. The summed E-state index contributed by atoms with van der Waals surface area (Å²) in [6.07, 6.45) is 0. The van der Waals surface area contributed by atoms with Crippen molar-refractivity contribution in [3.05, 3.63) is 261 Å². The summed E-state index contributed by atoms with van der Waals surface area (Å²) < 4.78 is 0. The normalized spacial score (nSPS) is 11.0. The van der Waals surface area contributed by atoms with Gasteiger partial charge in [0.05, 0.1) is 5.69 Å². The van der Waals surface area contributed by atoms with Gasteiger partial charge in [-0.25, -0.2) is 0 Å². The summed E-state index contributed by atoms with van der Waals surface area (Å²) >= 11 is 0. The molecule has 0 spiro atoms. The summed E-state index contributed by atoms with van der Waals surface area (Å²) in [5.41, 5.74) is 19.9. The molecule has 0 N–H and O–H groups in total. The van der Waals surface area contributed by atoms with E-state index in [9.17, 15) is 0 Å². The topological polar surface area (TPSA) is 3.24 Å². The van der Waals surface area contributed by atoms with Crippen molar-refractivity contribution in [1.82, 2.24) is 0 Å². The predicted molar refractivity (Wildman–Crippen MR) is 259 cm³/mol. The summed E-state index contributed by atoms with van der Waals surface area (Å²) in [6.45, 7) is 0. The standard InChI is InChI=1S/C60H43N/c1-5-19-44(20-6-1)47-33-37-53(38-34-47)61(54-39-35-48(36-40-54)52-42-50(45-21-7-2-8-22-45)41-51(43-52)46-23-9-3-10-24-46)60-32-18-17-31-59(60)58-30-16-15-29-57(58)56-28-14-13-27-55(56)49-25-11-4-12-26-49/h1-43H. The number of rotatable bonds is 10. The fourth-order valence-corrected chi connectivity index (χ4v) is 8.49. The van der Waals surface area contributed by atoms with E-state index in [0.29, 0.717) is 0 Å². The Morgan fingerprint density at radius 3 is 0.902 bits per heavy atom. The molecule has 0 saturated carbocycles. The van der Waals surface area contributed by atoms with E-state index >= 15 is 0 Å². The molecule has 61 heavy (non-hydrogen) atoms. The predicted octanol–water partition coefficient (Wildman–Crippen LogP) is 16.8. The van der Waals surface area contributed by atoms with Crippen LogP contribution in [0.5, 0.6) is 0 Å². The number of hydrogen-bond acceptors (Lipinski definition) is 1. The first-order valence-electron chi connectivity index (χ1n) is 20.9. The maximum absolute atomic E-state index is 2.41. The molecule has 0 atom stereocenters. The molecule has 0 unspecified atom stereocenters. The van der Waals surface area contributed by atoms with Gasteiger partial charge in [0.15, 0.2) is 0 Å². The van der Waals surface area contributed by atoms with E-state index in [-0.39, 0.29) is 0 Å². The van der Waals surface area contributed by atoms with Crippen molar-refractivity contribution in [3.8, 4) is 77.9 Å². The van der Waals surface area contributed by atoms with Gasteiger partial charge in [-0.1, -0.05) is 212 Å². The van der Waals surface area contributed by atoms with Crippen LogP contribution in [-0.4, -0.2) is 0 Å². The van der Waals surface area contributed by atoms with Gasteiger partial charge in [-0.05, 0) is 121 Å². The van der Waals surface area contributed by atoms with Gasteiger partial charge >= 0.3 is 0 Å². The average molecular weight is 778 g/mol. The molecule has 10 aromatic carbocycles. The first-order chi connectivity index (χ1) is 30.3. The lowest BCUT2D eigenvalue weighted by Gasteiger charge is -2.29. The third kappa shape index (κ3) is 7.81. The molecule has 1 nitrogen and oxygen atoms in total. The molecule has 0 amide bonds. The molecule has 0 bridgehead atoms. The fourth-order valence-electron chi connectivity index (χ4n) is 8.49. The summed E-state index contributed by atoms with van der Waals surface area (Å²) in [6, 6.07) is 94.0. The Bertz CT molecular complexity index is 2970. The number of nitrogens with zero attached hydrogens (tertiary/aromatic N) is 1. The quantitative estimate of drug-likeness (QED) is 0.134. The molecular weight excluding hydrogens is 735 g/mol. The van der Waals surface area contributed by atoms with Gasteiger partial charge in [0.1, 0.15) is 0 Å². The second-order valence-electron chi connectivity index (χ2n) is 15.3. The Morgan fingerprint density at radius 1 is 0.180 bits per heavy atom. The lowest BCUT2D eigenvalue weighted by atomic mass is 9.88. The highest BCUT2D eigenvalue weighted by Gasteiger charge is 2.20. The number of anilines is 3. The largest absolute Gasteiger partial charge is 0.310 e. The Labute approximate surface area is 359 Å². The SMILES string of the molecule is c1ccc(-c2ccc(N(c3ccc(-c4cc(-c5ccccc5)cc(-c5ccccc5)c4)cc3)c3ccccc3-c3ccccc3-c3ccccc3-c3ccccc3)cc2)cc1. The summed E-state index contributed by atoms with van der Waals surface area (Å²) in [5.74, 6) is 0. The highest BCUT2D eigenvalue weighted by molar-refractivity contribution is 5.97. The zero-order chi connectivity index (χ0) is 40.8. The van der Waals surface area contributed by atoms with Crippen molar-refractivity contribution >= 4 is 17.1 Å². The van der Waals surface area contributed by atoms with Gasteiger partial charge in [0.2, 0.25) is 0 Å². The van der Waals surface area contributed by atoms with Gasteiger partial charge in [-0.2, -0.15) is 0 Å². The monoisotopic (exact) mass is 777 g/mol. The van der Waals surface area contributed by atoms with Gasteiger partial charge in [-0.3, -0.25) is 0 Å². The molecule has 0 saturated heterocycles. The zero-order valence-corrected chi connectivity index (χ0v) is 33.8. The van der Waals surface area contributed by atoms with Gasteiger partial charge in [0.25, 0.3) is 0 Å². The average Bonchev–Trinajstić information content (AvgIpc) is 3.35. The highest BCUT2D eigenvalue weighted by Crippen LogP contribution is 2.46. The fraction of sp³-hybridized carbons (Fsp3) is 0. The van der Waals surface area contributed by atoms with Crippen molar-refractivity contribution in [1.29, 1.82) is 0 Å². The zero-order valence-electron chi connectivity index (χ0n) is 33.8. The van der Waals surface area contributed by atoms with Crippen LogP contribution in [0.3, 0.4) is 0 Å². The molecule has 288 valence electrons. The smallest absolute Gasteiger partial charge is 0.0540 e. The molecule has 0 fully saturated rings. The molecule has 0 aliphatic carbocycles. The van der Waals surface area contributed by atoms with Crippen LogP contribution >= 0.6 is 0 Å². The van der Waals surface area contributed by atoms with Crippen LogP contribution in [0.25, 0.3) is 77.9 Å². The van der Waals surface area contributed by atoms with Crippen molar-refractivity contribution < 1.29 is 0 Å². The number of hydrogen-bond donors (Lipinski definition) is 0. The van der Waals surface area contributed by atoms with Gasteiger partial charge < -0.3 is 4.90 Å². The first-order valence-corrected chi connectivity index (χ1v) is 20.9. The molecule has 0 aromatic heterocycles. The van der Waals surface area contributed by atoms with Crippen LogP contribution in [0.15, 0.2) is 261 Å². The molecule has 0 heterocycles. The van der Waals surface area contributed by atoms with Crippen LogP contribution in [0, 0.1) is 0 Å². The van der Waals surface area contributed by atoms with Crippen molar-refractivity contribution in [2.75, 3.05) is 4.90 Å². The molecule has 1 heteroatoms. The van der Waals surface area contributed by atoms with Crippen molar-refractivity contribution in [2.24, 2.45) is 0 Å². The Morgan fingerprint density at radius 2 is 0.459 bits per heavy atom. The maximum atomic E-state index is 2.41. The van der Waals surface area contributed by atoms with Crippen LogP contribution in [0.4, 0.5) is 17.1 Å². The molecular formula is C60H43N. The molecule has 0 aliphatic heterocycles. The van der Waals surface area contributed by atoms with E-state index in [0.717, 1.165) is 28.2 Å². The third-order valence-corrected chi connectivity index (χ3v) is 11.5. The summed E-state index contributed by atoms with van der Waals surface area (Å²) in [4.78, 5) is 2.41. The van der Waals surface area contributed by atoms with Crippen molar-refractivity contribution in [3.63, 3.8) is 0 Å². The highest BCUT2D eigenvalue weighted by atomic mass is 15.1. The number of benzene rings is 10. The van der Waals surface area contributed by atoms with Gasteiger partial charge in [-0.15, -0.1) is 0 Å². The Balaban J connectivity index is 1.11. The molecule has 0 radical (unpaired) electrons. The minimum Gasteiger partial charge on any atom is -0.310 e. The van der Waals surface area contributed by atoms with Crippen LogP contribution in [-0.2, 0) is 0 Å². The number of para-hydroxylation sites is 1. The van der Waals surface area contributed by atoms with E-state index in [4.69, 9.17) is 0 Å². The van der Waals surface area contributed by atoms with E-state index in [2.05, 4.69) is 266 Å². The lowest BCUT2D eigenvalue weighted by molar-refractivity contribution is 1.28. The molecule has 0 aliphatic rings. The Kier molecular flexibility index (Phi) is 10.4. The third-order valence-electron chi connectivity index (χ3n) is 11.5. The van der Waals surface area contributed by atoms with Crippen LogP contribution in [0.1, 0.15) is 0 Å². The lowest BCUT2D eigenvalue weighted by Crippen LogP contribution is -2.11. The van der Waals surface area contributed by atoms with Crippen LogP contribution in [0.2, 0.25) is 0 Å².